The number of nitrogen functional groups attached to an aromatic ring is 1. The summed E-state index contributed by atoms with van der Waals surface area (Å²) in [7, 11) is 0. The molecule has 1 aliphatic heterocycles. The fourth-order valence-corrected chi connectivity index (χ4v) is 2.64. The van der Waals surface area contributed by atoms with Crippen molar-refractivity contribution in [3.63, 3.8) is 0 Å². The fourth-order valence-electron chi connectivity index (χ4n) is 2.64. The van der Waals surface area contributed by atoms with Crippen LogP contribution in [0.2, 0.25) is 0 Å². The molecule has 100 valence electrons. The minimum atomic E-state index is 0.431. The van der Waals surface area contributed by atoms with Gasteiger partial charge in [0.15, 0.2) is 0 Å². The monoisotopic (exact) mass is 248 g/mol. The zero-order valence-corrected chi connectivity index (χ0v) is 11.2. The van der Waals surface area contributed by atoms with Gasteiger partial charge in [-0.2, -0.15) is 0 Å². The smallest absolute Gasteiger partial charge is 0.128 e. The van der Waals surface area contributed by atoms with Gasteiger partial charge in [0.25, 0.3) is 0 Å². The highest BCUT2D eigenvalue weighted by molar-refractivity contribution is 5.40. The molecule has 0 spiro atoms. The molecule has 4 nitrogen and oxygen atoms in total. The largest absolute Gasteiger partial charge is 0.383 e. The lowest BCUT2D eigenvalue weighted by atomic mass is 9.99. The van der Waals surface area contributed by atoms with Gasteiger partial charge in [-0.25, -0.2) is 4.98 Å². The molecule has 0 bridgehead atoms. The Balaban J connectivity index is 2.15. The summed E-state index contributed by atoms with van der Waals surface area (Å²) in [5, 5.41) is 3.40. The van der Waals surface area contributed by atoms with Gasteiger partial charge in [0, 0.05) is 44.0 Å². The maximum Gasteiger partial charge on any atom is 0.128 e. The van der Waals surface area contributed by atoms with E-state index in [9.17, 15) is 0 Å². The molecular formula is C14H24N4. The average molecular weight is 248 g/mol. The van der Waals surface area contributed by atoms with E-state index in [1.165, 1.54) is 24.8 Å². The molecule has 1 aromatic rings. The van der Waals surface area contributed by atoms with E-state index in [0.29, 0.717) is 11.9 Å². The molecule has 0 saturated carbocycles. The highest BCUT2D eigenvalue weighted by Crippen LogP contribution is 2.29. The molecule has 1 fully saturated rings. The number of aromatic nitrogens is 1. The summed E-state index contributed by atoms with van der Waals surface area (Å²) in [6.45, 7) is 6.58. The molecule has 1 atom stereocenters. The van der Waals surface area contributed by atoms with Crippen molar-refractivity contribution in [3.8, 4) is 0 Å². The number of anilines is 1. The second-order valence-corrected chi connectivity index (χ2v) is 4.92. The van der Waals surface area contributed by atoms with Crippen molar-refractivity contribution in [1.29, 1.82) is 0 Å². The van der Waals surface area contributed by atoms with Crippen LogP contribution < -0.4 is 11.1 Å². The number of nitrogens with one attached hydrogen (secondary N) is 1. The number of piperazine rings is 1. The Kier molecular flexibility index (Phi) is 4.96. The molecule has 0 unspecified atom stereocenters. The Bertz CT molecular complexity index is 361. The first-order valence-corrected chi connectivity index (χ1v) is 6.98. The first-order valence-electron chi connectivity index (χ1n) is 6.98. The first kappa shape index (κ1) is 13.3. The third-order valence-electron chi connectivity index (χ3n) is 3.65. The standard InChI is InChI=1S/C14H24N4/c1-2-3-6-13(18-10-8-16-9-11-18)12-5-4-7-17-14(12)15/h4-5,7,13,16H,2-3,6,8-11H2,1H3,(H2,15,17)/t13-/m0/s1. The summed E-state index contributed by atoms with van der Waals surface area (Å²) in [4.78, 5) is 6.78. The van der Waals surface area contributed by atoms with E-state index in [1.807, 2.05) is 6.07 Å². The summed E-state index contributed by atoms with van der Waals surface area (Å²) in [5.74, 6) is 0.692. The van der Waals surface area contributed by atoms with Crippen molar-refractivity contribution in [2.45, 2.75) is 32.2 Å². The van der Waals surface area contributed by atoms with Gasteiger partial charge in [0.2, 0.25) is 0 Å². The minimum absolute atomic E-state index is 0.431. The number of nitrogens with zero attached hydrogens (tertiary/aromatic N) is 2. The normalized spacial score (nSPS) is 18.7. The molecule has 1 aliphatic rings. The maximum absolute atomic E-state index is 6.05. The van der Waals surface area contributed by atoms with E-state index in [-0.39, 0.29) is 0 Å². The van der Waals surface area contributed by atoms with Gasteiger partial charge in [-0.15, -0.1) is 0 Å². The van der Waals surface area contributed by atoms with E-state index in [4.69, 9.17) is 5.73 Å². The topological polar surface area (TPSA) is 54.2 Å². The molecule has 0 aliphatic carbocycles. The molecule has 0 radical (unpaired) electrons. The zero-order chi connectivity index (χ0) is 12.8. The van der Waals surface area contributed by atoms with Crippen molar-refractivity contribution >= 4 is 5.82 Å². The first-order chi connectivity index (χ1) is 8.83. The van der Waals surface area contributed by atoms with Crippen LogP contribution in [0.25, 0.3) is 0 Å². The van der Waals surface area contributed by atoms with Crippen molar-refractivity contribution < 1.29 is 0 Å². The van der Waals surface area contributed by atoms with Crippen molar-refractivity contribution in [1.82, 2.24) is 15.2 Å². The van der Waals surface area contributed by atoms with Gasteiger partial charge < -0.3 is 11.1 Å². The summed E-state index contributed by atoms with van der Waals surface area (Å²) in [5.41, 5.74) is 7.25. The van der Waals surface area contributed by atoms with Crippen LogP contribution in [0.1, 0.15) is 37.8 Å². The lowest BCUT2D eigenvalue weighted by Gasteiger charge is -2.35. The maximum atomic E-state index is 6.05. The predicted octanol–water partition coefficient (Wildman–Crippen LogP) is 1.80. The van der Waals surface area contributed by atoms with Gasteiger partial charge in [-0.3, -0.25) is 4.90 Å². The Hall–Kier alpha value is -1.13. The van der Waals surface area contributed by atoms with E-state index in [1.54, 1.807) is 6.20 Å². The van der Waals surface area contributed by atoms with Gasteiger partial charge >= 0.3 is 0 Å². The summed E-state index contributed by atoms with van der Waals surface area (Å²) < 4.78 is 0. The third kappa shape index (κ3) is 3.21. The quantitative estimate of drug-likeness (QED) is 0.834. The van der Waals surface area contributed by atoms with Crippen LogP contribution in [0.5, 0.6) is 0 Å². The highest BCUT2D eigenvalue weighted by Gasteiger charge is 2.23. The number of hydrogen-bond donors (Lipinski definition) is 2. The summed E-state index contributed by atoms with van der Waals surface area (Å²) in [6, 6.07) is 4.55. The summed E-state index contributed by atoms with van der Waals surface area (Å²) in [6.07, 6.45) is 5.41. The molecular weight excluding hydrogens is 224 g/mol. The Morgan fingerprint density at radius 2 is 2.22 bits per heavy atom. The van der Waals surface area contributed by atoms with Crippen LogP contribution in [-0.2, 0) is 0 Å². The third-order valence-corrected chi connectivity index (χ3v) is 3.65. The molecule has 2 rings (SSSR count). The molecule has 3 N–H and O–H groups in total. The number of unbranched alkanes of at least 4 members (excludes halogenated alkanes) is 1. The zero-order valence-electron chi connectivity index (χ0n) is 11.2. The van der Waals surface area contributed by atoms with E-state index >= 15 is 0 Å². The number of rotatable bonds is 5. The van der Waals surface area contributed by atoms with E-state index < -0.39 is 0 Å². The van der Waals surface area contributed by atoms with Crippen LogP contribution >= 0.6 is 0 Å². The Labute approximate surface area is 110 Å². The number of nitrogens with two attached hydrogens (primary N) is 1. The summed E-state index contributed by atoms with van der Waals surface area (Å²) >= 11 is 0. The van der Waals surface area contributed by atoms with Crippen LogP contribution in [0, 0.1) is 0 Å². The Morgan fingerprint density at radius 3 is 2.89 bits per heavy atom. The van der Waals surface area contributed by atoms with Gasteiger partial charge in [0.05, 0.1) is 0 Å². The molecule has 0 aromatic carbocycles. The molecule has 18 heavy (non-hydrogen) atoms. The van der Waals surface area contributed by atoms with Crippen LogP contribution in [0.15, 0.2) is 18.3 Å². The molecule has 1 aromatic heterocycles. The van der Waals surface area contributed by atoms with Gasteiger partial charge in [0.1, 0.15) is 5.82 Å². The van der Waals surface area contributed by atoms with E-state index in [2.05, 4.69) is 28.2 Å². The molecule has 1 saturated heterocycles. The van der Waals surface area contributed by atoms with Crippen LogP contribution in [0.3, 0.4) is 0 Å². The van der Waals surface area contributed by atoms with E-state index in [0.717, 1.165) is 26.2 Å². The van der Waals surface area contributed by atoms with Crippen LogP contribution in [0.4, 0.5) is 5.82 Å². The lowest BCUT2D eigenvalue weighted by Crippen LogP contribution is -2.45. The van der Waals surface area contributed by atoms with Gasteiger partial charge in [-0.1, -0.05) is 25.8 Å². The lowest BCUT2D eigenvalue weighted by molar-refractivity contribution is 0.163. The fraction of sp³-hybridized carbons (Fsp3) is 0.643. The number of hydrogen-bond acceptors (Lipinski definition) is 4. The SMILES string of the molecule is CCCC[C@@H](c1cccnc1N)N1CCNCC1. The van der Waals surface area contributed by atoms with Crippen molar-refractivity contribution in [2.24, 2.45) is 0 Å². The van der Waals surface area contributed by atoms with Crippen molar-refractivity contribution in [3.05, 3.63) is 23.9 Å². The number of pyridine rings is 1. The Morgan fingerprint density at radius 1 is 1.44 bits per heavy atom. The van der Waals surface area contributed by atoms with Gasteiger partial charge in [-0.05, 0) is 12.5 Å². The average Bonchev–Trinajstić information content (AvgIpc) is 2.42. The second-order valence-electron chi connectivity index (χ2n) is 4.92. The molecule has 0 amide bonds. The van der Waals surface area contributed by atoms with Crippen molar-refractivity contribution in [2.75, 3.05) is 31.9 Å². The minimum Gasteiger partial charge on any atom is -0.383 e. The highest BCUT2D eigenvalue weighted by atomic mass is 15.2. The predicted molar refractivity (Wildman–Crippen MR) is 75.4 cm³/mol. The second kappa shape index (κ2) is 6.71. The molecule has 4 heteroatoms. The van der Waals surface area contributed by atoms with Crippen LogP contribution in [-0.4, -0.2) is 36.1 Å². The molecule has 2 heterocycles.